The molecule has 0 saturated carbocycles. The fourth-order valence-electron chi connectivity index (χ4n) is 1.64. The second kappa shape index (κ2) is 5.97. The molecule has 0 aliphatic rings. The number of hydrogen-bond donors (Lipinski definition) is 2. The van der Waals surface area contributed by atoms with E-state index in [0.717, 1.165) is 25.1 Å². The summed E-state index contributed by atoms with van der Waals surface area (Å²) in [5.74, 6) is 0. The molecule has 1 aromatic rings. The summed E-state index contributed by atoms with van der Waals surface area (Å²) in [6, 6.07) is 4.09. The molecule has 0 spiro atoms. The van der Waals surface area contributed by atoms with Crippen LogP contribution in [0.4, 0.5) is 0 Å². The Morgan fingerprint density at radius 1 is 1.44 bits per heavy atom. The normalized spacial score (nSPS) is 14.8. The largest absolute Gasteiger partial charge is 0.390 e. The quantitative estimate of drug-likeness (QED) is 0.767. The predicted octanol–water partition coefficient (Wildman–Crippen LogP) is 1.55. The van der Waals surface area contributed by atoms with Crippen LogP contribution in [0, 0.1) is 0 Å². The Labute approximate surface area is 97.9 Å². The third-order valence-corrected chi connectivity index (χ3v) is 2.77. The maximum atomic E-state index is 10.1. The number of aromatic nitrogens is 1. The van der Waals surface area contributed by atoms with E-state index in [1.165, 1.54) is 5.56 Å². The van der Waals surface area contributed by atoms with Crippen LogP contribution in [0.1, 0.15) is 31.5 Å². The van der Waals surface area contributed by atoms with Crippen molar-refractivity contribution in [2.75, 3.05) is 13.6 Å². The zero-order valence-corrected chi connectivity index (χ0v) is 10.5. The van der Waals surface area contributed by atoms with Gasteiger partial charge in [-0.25, -0.2) is 0 Å². The minimum atomic E-state index is -0.677. The predicted molar refractivity (Wildman–Crippen MR) is 66.5 cm³/mol. The number of nitrogens with one attached hydrogen (secondary N) is 1. The highest BCUT2D eigenvalue weighted by molar-refractivity contribution is 5.15. The molecule has 1 heterocycles. The number of aryl methyl sites for hydroxylation is 1. The minimum Gasteiger partial charge on any atom is -0.390 e. The van der Waals surface area contributed by atoms with E-state index in [4.69, 9.17) is 0 Å². The average Bonchev–Trinajstić information content (AvgIpc) is 2.27. The molecule has 0 aliphatic heterocycles. The minimum absolute atomic E-state index is 0.610. The molecule has 1 rings (SSSR count). The lowest BCUT2D eigenvalue weighted by molar-refractivity contribution is 0.0511. The van der Waals surface area contributed by atoms with Crippen LogP contribution < -0.4 is 5.32 Å². The summed E-state index contributed by atoms with van der Waals surface area (Å²) < 4.78 is 0. The average molecular weight is 222 g/mol. The molecule has 90 valence electrons. The molecular weight excluding hydrogens is 200 g/mol. The third-order valence-electron chi connectivity index (χ3n) is 2.77. The van der Waals surface area contributed by atoms with Gasteiger partial charge in [0.1, 0.15) is 0 Å². The highest BCUT2D eigenvalue weighted by atomic mass is 16.3. The lowest BCUT2D eigenvalue weighted by Gasteiger charge is -2.22. The maximum Gasteiger partial charge on any atom is 0.0687 e. The zero-order chi connectivity index (χ0) is 12.0. The third kappa shape index (κ3) is 4.29. The molecule has 3 nitrogen and oxygen atoms in total. The van der Waals surface area contributed by atoms with E-state index in [1.807, 2.05) is 26.2 Å². The number of nitrogens with zero attached hydrogens (tertiary/aromatic N) is 1. The van der Waals surface area contributed by atoms with E-state index in [9.17, 15) is 5.11 Å². The van der Waals surface area contributed by atoms with Gasteiger partial charge in [-0.2, -0.15) is 0 Å². The van der Waals surface area contributed by atoms with Crippen LogP contribution in [0.3, 0.4) is 0 Å². The van der Waals surface area contributed by atoms with E-state index in [-0.39, 0.29) is 0 Å². The first-order valence-corrected chi connectivity index (χ1v) is 5.88. The van der Waals surface area contributed by atoms with Crippen molar-refractivity contribution in [1.82, 2.24) is 10.3 Å². The van der Waals surface area contributed by atoms with Crippen LogP contribution in [0.15, 0.2) is 18.3 Å². The molecule has 0 radical (unpaired) electrons. The zero-order valence-electron chi connectivity index (χ0n) is 10.5. The SMILES string of the molecule is CCc1ccc(CC(C)(O)CCNC)nc1. The van der Waals surface area contributed by atoms with Crippen molar-refractivity contribution in [2.24, 2.45) is 0 Å². The van der Waals surface area contributed by atoms with Crippen LogP contribution >= 0.6 is 0 Å². The van der Waals surface area contributed by atoms with Gasteiger partial charge in [0.25, 0.3) is 0 Å². The lowest BCUT2D eigenvalue weighted by Crippen LogP contribution is -2.31. The van der Waals surface area contributed by atoms with Crippen molar-refractivity contribution >= 4 is 0 Å². The Balaban J connectivity index is 2.57. The molecule has 0 saturated heterocycles. The lowest BCUT2D eigenvalue weighted by atomic mass is 9.95. The van der Waals surface area contributed by atoms with E-state index < -0.39 is 5.60 Å². The standard InChI is InChI=1S/C13H22N2O/c1-4-11-5-6-12(15-10-11)9-13(2,16)7-8-14-3/h5-6,10,14,16H,4,7-9H2,1-3H3. The fourth-order valence-corrected chi connectivity index (χ4v) is 1.64. The van der Waals surface area contributed by atoms with Gasteiger partial charge < -0.3 is 10.4 Å². The number of aliphatic hydroxyl groups is 1. The van der Waals surface area contributed by atoms with Gasteiger partial charge in [-0.15, -0.1) is 0 Å². The van der Waals surface area contributed by atoms with Gasteiger partial charge in [0.15, 0.2) is 0 Å². The number of rotatable bonds is 6. The van der Waals surface area contributed by atoms with Crippen molar-refractivity contribution in [2.45, 2.75) is 38.7 Å². The molecule has 3 heteroatoms. The summed E-state index contributed by atoms with van der Waals surface area (Å²) >= 11 is 0. The summed E-state index contributed by atoms with van der Waals surface area (Å²) in [5.41, 5.74) is 1.51. The van der Waals surface area contributed by atoms with Crippen molar-refractivity contribution in [3.8, 4) is 0 Å². The fraction of sp³-hybridized carbons (Fsp3) is 0.615. The summed E-state index contributed by atoms with van der Waals surface area (Å²) in [6.07, 6.45) is 4.24. The second-order valence-electron chi connectivity index (χ2n) is 4.54. The van der Waals surface area contributed by atoms with E-state index in [2.05, 4.69) is 23.3 Å². The Kier molecular flexibility index (Phi) is 4.90. The number of hydrogen-bond acceptors (Lipinski definition) is 3. The first-order chi connectivity index (χ1) is 7.57. The van der Waals surface area contributed by atoms with Gasteiger partial charge in [0, 0.05) is 18.3 Å². The Hall–Kier alpha value is -0.930. The van der Waals surface area contributed by atoms with Gasteiger partial charge >= 0.3 is 0 Å². The van der Waals surface area contributed by atoms with Crippen LogP contribution in [0.25, 0.3) is 0 Å². The van der Waals surface area contributed by atoms with Gasteiger partial charge in [-0.05, 0) is 45.0 Å². The van der Waals surface area contributed by atoms with Crippen LogP contribution in [0.2, 0.25) is 0 Å². The summed E-state index contributed by atoms with van der Waals surface area (Å²) in [6.45, 7) is 4.79. The molecule has 1 unspecified atom stereocenters. The molecule has 0 fully saturated rings. The summed E-state index contributed by atoms with van der Waals surface area (Å²) in [4.78, 5) is 4.36. The van der Waals surface area contributed by atoms with Crippen molar-refractivity contribution < 1.29 is 5.11 Å². The van der Waals surface area contributed by atoms with Gasteiger partial charge in [-0.1, -0.05) is 13.0 Å². The molecule has 0 bridgehead atoms. The smallest absolute Gasteiger partial charge is 0.0687 e. The molecular formula is C13H22N2O. The summed E-state index contributed by atoms with van der Waals surface area (Å²) in [5, 5.41) is 13.2. The molecule has 1 aromatic heterocycles. The Morgan fingerprint density at radius 2 is 2.19 bits per heavy atom. The molecule has 0 aliphatic carbocycles. The second-order valence-corrected chi connectivity index (χ2v) is 4.54. The number of pyridine rings is 1. The topological polar surface area (TPSA) is 45.1 Å². The van der Waals surface area contributed by atoms with E-state index in [1.54, 1.807) is 0 Å². The van der Waals surface area contributed by atoms with Crippen LogP contribution in [-0.2, 0) is 12.8 Å². The molecule has 2 N–H and O–H groups in total. The van der Waals surface area contributed by atoms with Crippen molar-refractivity contribution in [3.05, 3.63) is 29.6 Å². The van der Waals surface area contributed by atoms with E-state index >= 15 is 0 Å². The van der Waals surface area contributed by atoms with E-state index in [0.29, 0.717) is 6.42 Å². The van der Waals surface area contributed by atoms with Gasteiger partial charge in [0.05, 0.1) is 5.60 Å². The summed E-state index contributed by atoms with van der Waals surface area (Å²) in [7, 11) is 1.89. The highest BCUT2D eigenvalue weighted by Crippen LogP contribution is 2.15. The first-order valence-electron chi connectivity index (χ1n) is 5.88. The molecule has 0 aromatic carbocycles. The monoisotopic (exact) mass is 222 g/mol. The van der Waals surface area contributed by atoms with Crippen LogP contribution in [-0.4, -0.2) is 29.3 Å². The molecule has 1 atom stereocenters. The molecule has 0 amide bonds. The van der Waals surface area contributed by atoms with Crippen molar-refractivity contribution in [1.29, 1.82) is 0 Å². The van der Waals surface area contributed by atoms with Gasteiger partial charge in [0.2, 0.25) is 0 Å². The van der Waals surface area contributed by atoms with Gasteiger partial charge in [-0.3, -0.25) is 4.98 Å². The Bertz CT molecular complexity index is 306. The van der Waals surface area contributed by atoms with Crippen molar-refractivity contribution in [3.63, 3.8) is 0 Å². The van der Waals surface area contributed by atoms with Crippen LogP contribution in [0.5, 0.6) is 0 Å². The molecule has 16 heavy (non-hydrogen) atoms. The Morgan fingerprint density at radius 3 is 2.69 bits per heavy atom. The maximum absolute atomic E-state index is 10.1. The highest BCUT2D eigenvalue weighted by Gasteiger charge is 2.20. The first kappa shape index (κ1) is 13.1.